The number of hydrogen-bond acceptors (Lipinski definition) is 7. The Balaban J connectivity index is 2.50. The van der Waals surface area contributed by atoms with Gasteiger partial charge in [-0.25, -0.2) is 9.97 Å². The second-order valence-corrected chi connectivity index (χ2v) is 8.25. The van der Waals surface area contributed by atoms with Gasteiger partial charge in [-0.3, -0.25) is 4.79 Å². The monoisotopic (exact) mass is 497 g/mol. The highest BCUT2D eigenvalue weighted by atomic mass is 35.5. The lowest BCUT2D eigenvalue weighted by molar-refractivity contribution is -0.116. The van der Waals surface area contributed by atoms with Crippen LogP contribution in [0.25, 0.3) is 17.3 Å². The number of thiol groups is 1. The van der Waals surface area contributed by atoms with Crippen LogP contribution in [0.15, 0.2) is 17.0 Å². The van der Waals surface area contributed by atoms with Gasteiger partial charge in [-0.2, -0.15) is 0 Å². The molecule has 32 heavy (non-hydrogen) atoms. The van der Waals surface area contributed by atoms with Crippen molar-refractivity contribution >= 4 is 53.8 Å². The zero-order chi connectivity index (χ0) is 23.8. The molecule has 10 heteroatoms. The maximum atomic E-state index is 12.2. The average Bonchev–Trinajstić information content (AvgIpc) is 2.74. The minimum Gasteiger partial charge on any atom is -0.491 e. The van der Waals surface area contributed by atoms with Gasteiger partial charge in [0.15, 0.2) is 0 Å². The van der Waals surface area contributed by atoms with E-state index in [0.29, 0.717) is 51.5 Å². The SMILES string of the molecule is CCNC(=O)/C(S)=C/c1c(C)nc(N)nc1-c1cc(OCCN(CC)CC)c(Cl)cc1Cl. The maximum absolute atomic E-state index is 12.2. The molecule has 1 aromatic carbocycles. The molecule has 2 aromatic rings. The van der Waals surface area contributed by atoms with Crippen molar-refractivity contribution in [3.8, 4) is 17.0 Å². The number of benzene rings is 1. The largest absolute Gasteiger partial charge is 0.491 e. The summed E-state index contributed by atoms with van der Waals surface area (Å²) in [6.07, 6.45) is 1.60. The third-order valence-electron chi connectivity index (χ3n) is 4.84. The molecular formula is C22H29Cl2N5O2S. The summed E-state index contributed by atoms with van der Waals surface area (Å²) >= 11 is 17.2. The van der Waals surface area contributed by atoms with Gasteiger partial charge in [0.05, 0.1) is 26.3 Å². The highest BCUT2D eigenvalue weighted by Crippen LogP contribution is 2.38. The van der Waals surface area contributed by atoms with Crippen LogP contribution in [0, 0.1) is 6.92 Å². The minimum absolute atomic E-state index is 0.0865. The number of halogens is 2. The van der Waals surface area contributed by atoms with Gasteiger partial charge in [-0.05, 0) is 45.1 Å². The Bertz CT molecular complexity index is 997. The fourth-order valence-electron chi connectivity index (χ4n) is 3.08. The smallest absolute Gasteiger partial charge is 0.257 e. The molecule has 7 nitrogen and oxygen atoms in total. The van der Waals surface area contributed by atoms with Crippen molar-refractivity contribution in [3.63, 3.8) is 0 Å². The molecule has 1 amide bonds. The van der Waals surface area contributed by atoms with E-state index >= 15 is 0 Å². The van der Waals surface area contributed by atoms with E-state index in [2.05, 4.69) is 46.7 Å². The summed E-state index contributed by atoms with van der Waals surface area (Å²) in [6.45, 7) is 11.4. The second kappa shape index (κ2) is 12.3. The number of aromatic nitrogens is 2. The Kier molecular flexibility index (Phi) is 10.1. The molecular weight excluding hydrogens is 469 g/mol. The van der Waals surface area contributed by atoms with Crippen molar-refractivity contribution in [2.24, 2.45) is 0 Å². The molecule has 0 fully saturated rings. The first-order valence-corrected chi connectivity index (χ1v) is 11.6. The van der Waals surface area contributed by atoms with E-state index < -0.39 is 0 Å². The number of nitrogen functional groups attached to an aromatic ring is 1. The molecule has 0 bridgehead atoms. The predicted molar refractivity (Wildman–Crippen MR) is 136 cm³/mol. The van der Waals surface area contributed by atoms with Crippen LogP contribution < -0.4 is 15.8 Å². The van der Waals surface area contributed by atoms with Crippen LogP contribution in [-0.2, 0) is 4.79 Å². The van der Waals surface area contributed by atoms with E-state index in [1.807, 2.05) is 6.92 Å². The van der Waals surface area contributed by atoms with Crippen LogP contribution >= 0.6 is 35.8 Å². The van der Waals surface area contributed by atoms with Crippen molar-refractivity contribution in [1.29, 1.82) is 0 Å². The summed E-state index contributed by atoms with van der Waals surface area (Å²) in [5.41, 5.74) is 8.10. The Morgan fingerprint density at radius 3 is 2.53 bits per heavy atom. The lowest BCUT2D eigenvalue weighted by Gasteiger charge is -2.19. The van der Waals surface area contributed by atoms with Crippen molar-refractivity contribution in [2.45, 2.75) is 27.7 Å². The quantitative estimate of drug-likeness (QED) is 0.331. The van der Waals surface area contributed by atoms with E-state index in [-0.39, 0.29) is 16.8 Å². The average molecular weight is 498 g/mol. The highest BCUT2D eigenvalue weighted by Gasteiger charge is 2.18. The van der Waals surface area contributed by atoms with Gasteiger partial charge in [-0.15, -0.1) is 12.6 Å². The summed E-state index contributed by atoms with van der Waals surface area (Å²) in [7, 11) is 0. The Morgan fingerprint density at radius 2 is 1.91 bits per heavy atom. The van der Waals surface area contributed by atoms with E-state index in [4.69, 9.17) is 33.7 Å². The molecule has 1 heterocycles. The van der Waals surface area contributed by atoms with Crippen LogP contribution in [0.5, 0.6) is 5.75 Å². The second-order valence-electron chi connectivity index (χ2n) is 6.96. The van der Waals surface area contributed by atoms with Crippen molar-refractivity contribution in [1.82, 2.24) is 20.2 Å². The Morgan fingerprint density at radius 1 is 1.22 bits per heavy atom. The van der Waals surface area contributed by atoms with Gasteiger partial charge in [-0.1, -0.05) is 37.0 Å². The van der Waals surface area contributed by atoms with E-state index in [9.17, 15) is 4.79 Å². The third-order valence-corrected chi connectivity index (χ3v) is 5.78. The number of nitrogens with two attached hydrogens (primary N) is 1. The fraction of sp³-hybridized carbons (Fsp3) is 0.409. The van der Waals surface area contributed by atoms with Crippen molar-refractivity contribution in [3.05, 3.63) is 38.3 Å². The summed E-state index contributed by atoms with van der Waals surface area (Å²) in [6, 6.07) is 3.34. The summed E-state index contributed by atoms with van der Waals surface area (Å²) in [5.74, 6) is 0.266. The number of likely N-dealkylation sites (N-methyl/N-ethyl adjacent to an activating group) is 2. The molecule has 0 spiro atoms. The summed E-state index contributed by atoms with van der Waals surface area (Å²) in [5, 5.41) is 3.48. The molecule has 0 aliphatic rings. The molecule has 0 radical (unpaired) electrons. The zero-order valence-corrected chi connectivity index (χ0v) is 21.1. The van der Waals surface area contributed by atoms with Crippen LogP contribution in [-0.4, -0.2) is 53.6 Å². The van der Waals surface area contributed by atoms with Crippen LogP contribution in [0.2, 0.25) is 10.0 Å². The molecule has 0 aliphatic heterocycles. The lowest BCUT2D eigenvalue weighted by Crippen LogP contribution is -2.27. The number of ether oxygens (including phenoxy) is 1. The van der Waals surface area contributed by atoms with Gasteiger partial charge in [0, 0.05) is 24.2 Å². The molecule has 0 aliphatic carbocycles. The Labute approximate surface area is 204 Å². The number of nitrogens with zero attached hydrogens (tertiary/aromatic N) is 3. The van der Waals surface area contributed by atoms with Gasteiger partial charge < -0.3 is 20.7 Å². The number of amides is 1. The third kappa shape index (κ3) is 6.75. The van der Waals surface area contributed by atoms with E-state index in [1.165, 1.54) is 0 Å². The molecule has 174 valence electrons. The molecule has 0 atom stereocenters. The zero-order valence-electron chi connectivity index (χ0n) is 18.7. The lowest BCUT2D eigenvalue weighted by atomic mass is 10.0. The summed E-state index contributed by atoms with van der Waals surface area (Å²) < 4.78 is 5.94. The molecule has 0 saturated carbocycles. The predicted octanol–water partition coefficient (Wildman–Crippen LogP) is 4.47. The van der Waals surface area contributed by atoms with Crippen LogP contribution in [0.1, 0.15) is 32.0 Å². The first kappa shape index (κ1) is 26.3. The first-order chi connectivity index (χ1) is 15.2. The van der Waals surface area contributed by atoms with E-state index in [0.717, 1.165) is 19.6 Å². The number of carbonyl (C=O) groups is 1. The first-order valence-electron chi connectivity index (χ1n) is 10.4. The topological polar surface area (TPSA) is 93.4 Å². The van der Waals surface area contributed by atoms with Gasteiger partial charge in [0.1, 0.15) is 12.4 Å². The number of anilines is 1. The number of hydrogen-bond donors (Lipinski definition) is 3. The number of carbonyl (C=O) groups excluding carboxylic acids is 1. The van der Waals surface area contributed by atoms with Crippen LogP contribution in [0.4, 0.5) is 5.95 Å². The molecule has 2 rings (SSSR count). The molecule has 3 N–H and O–H groups in total. The maximum Gasteiger partial charge on any atom is 0.257 e. The normalized spacial score (nSPS) is 11.7. The van der Waals surface area contributed by atoms with Gasteiger partial charge >= 0.3 is 0 Å². The standard InChI is InChI=1S/C22H29Cl2N5O2S/c1-5-26-21(30)19(32)11-14-13(4)27-22(25)28-20(14)15-10-18(17(24)12-16(15)23)31-9-8-29(6-2)7-3/h10-12,32H,5-9H2,1-4H3,(H,26,30)(H2,25,27,28)/b19-11-. The fourth-order valence-corrected chi connectivity index (χ4v) is 3.82. The number of rotatable bonds is 10. The highest BCUT2D eigenvalue weighted by molar-refractivity contribution is 7.85. The summed E-state index contributed by atoms with van der Waals surface area (Å²) in [4.78, 5) is 23.3. The number of aryl methyl sites for hydroxylation is 1. The number of nitrogens with one attached hydrogen (secondary N) is 1. The van der Waals surface area contributed by atoms with Gasteiger partial charge in [0.25, 0.3) is 5.91 Å². The Hall–Kier alpha value is -2.00. The minimum atomic E-state index is -0.305. The van der Waals surface area contributed by atoms with Crippen molar-refractivity contribution in [2.75, 3.05) is 38.5 Å². The van der Waals surface area contributed by atoms with E-state index in [1.54, 1.807) is 25.1 Å². The molecule has 0 saturated heterocycles. The van der Waals surface area contributed by atoms with Crippen LogP contribution in [0.3, 0.4) is 0 Å². The molecule has 1 aromatic heterocycles. The van der Waals surface area contributed by atoms with Crippen molar-refractivity contribution < 1.29 is 9.53 Å². The van der Waals surface area contributed by atoms with Gasteiger partial charge in [0.2, 0.25) is 5.95 Å². The molecule has 0 unspecified atom stereocenters.